The molecule has 3 nitrogen and oxygen atoms in total. The highest BCUT2D eigenvalue weighted by Gasteiger charge is 2.20. The van der Waals surface area contributed by atoms with Gasteiger partial charge in [0.2, 0.25) is 5.69 Å². The summed E-state index contributed by atoms with van der Waals surface area (Å²) in [4.78, 5) is 4.01. The van der Waals surface area contributed by atoms with Gasteiger partial charge in [0.1, 0.15) is 11.2 Å². The maximum absolute atomic E-state index is 8.13. The predicted octanol–water partition coefficient (Wildman–Crippen LogP) is 10.6. The van der Waals surface area contributed by atoms with Crippen molar-refractivity contribution in [2.24, 2.45) is 0 Å². The van der Waals surface area contributed by atoms with Crippen molar-refractivity contribution in [3.63, 3.8) is 0 Å². The minimum atomic E-state index is 0.620. The molecule has 0 aliphatic rings. The van der Waals surface area contributed by atoms with Crippen molar-refractivity contribution in [1.82, 2.24) is 4.57 Å². The van der Waals surface area contributed by atoms with Crippen LogP contribution in [0.25, 0.3) is 76.5 Å². The monoisotopic (exact) mass is 510 g/mol. The molecule has 186 valence electrons. The van der Waals surface area contributed by atoms with Gasteiger partial charge < -0.3 is 8.98 Å². The average molecular weight is 511 g/mol. The topological polar surface area (TPSA) is 22.4 Å². The number of aromatic nitrogens is 1. The van der Waals surface area contributed by atoms with Gasteiger partial charge in [-0.25, -0.2) is 4.85 Å². The van der Waals surface area contributed by atoms with Crippen LogP contribution in [0.5, 0.6) is 0 Å². The van der Waals surface area contributed by atoms with Crippen LogP contribution in [0.15, 0.2) is 138 Å². The fourth-order valence-electron chi connectivity index (χ4n) is 6.10. The minimum absolute atomic E-state index is 0.620. The number of rotatable bonds is 3. The molecule has 40 heavy (non-hydrogen) atoms. The average Bonchev–Trinajstić information content (AvgIpc) is 3.56. The Bertz CT molecular complexity index is 2240. The molecule has 8 aromatic rings. The summed E-state index contributed by atoms with van der Waals surface area (Å²) >= 11 is 0. The first kappa shape index (κ1) is 22.4. The third-order valence-corrected chi connectivity index (χ3v) is 7.84. The predicted molar refractivity (Wildman–Crippen MR) is 165 cm³/mol. The number of para-hydroxylation sites is 4. The summed E-state index contributed by atoms with van der Waals surface area (Å²) in [6.07, 6.45) is 0. The maximum Gasteiger partial charge on any atom is 0.211 e. The van der Waals surface area contributed by atoms with Crippen LogP contribution in [-0.2, 0) is 0 Å². The third kappa shape index (κ3) is 3.24. The molecule has 8 rings (SSSR count). The molecule has 6 aromatic carbocycles. The molecule has 0 N–H and O–H groups in total. The quantitative estimate of drug-likeness (QED) is 0.217. The molecule has 3 heteroatoms. The summed E-state index contributed by atoms with van der Waals surface area (Å²) < 4.78 is 8.36. The number of furan rings is 1. The molecular weight excluding hydrogens is 488 g/mol. The summed E-state index contributed by atoms with van der Waals surface area (Å²) in [6.45, 7) is 8.13. The summed E-state index contributed by atoms with van der Waals surface area (Å²) in [5.41, 5.74) is 9.78. The first-order chi connectivity index (χ1) is 19.8. The molecule has 0 spiro atoms. The molecule has 0 aliphatic carbocycles. The highest BCUT2D eigenvalue weighted by molar-refractivity contribution is 6.11. The first-order valence-corrected chi connectivity index (χ1v) is 13.3. The lowest BCUT2D eigenvalue weighted by Gasteiger charge is -2.18. The van der Waals surface area contributed by atoms with Crippen LogP contribution in [0, 0.1) is 6.57 Å². The molecule has 0 fully saturated rings. The van der Waals surface area contributed by atoms with Gasteiger partial charge >= 0.3 is 0 Å². The highest BCUT2D eigenvalue weighted by Crippen LogP contribution is 2.44. The van der Waals surface area contributed by atoms with Gasteiger partial charge in [0.05, 0.1) is 23.3 Å². The van der Waals surface area contributed by atoms with E-state index < -0.39 is 0 Å². The molecule has 0 radical (unpaired) electrons. The highest BCUT2D eigenvalue weighted by atomic mass is 16.3. The number of fused-ring (bicyclic) bond motifs is 6. The van der Waals surface area contributed by atoms with Crippen molar-refractivity contribution in [3.8, 4) is 27.9 Å². The first-order valence-electron chi connectivity index (χ1n) is 13.3. The van der Waals surface area contributed by atoms with E-state index in [1.54, 1.807) is 0 Å². The van der Waals surface area contributed by atoms with Crippen LogP contribution in [-0.4, -0.2) is 4.57 Å². The number of benzene rings is 6. The Kier molecular flexibility index (Phi) is 4.89. The van der Waals surface area contributed by atoms with Crippen LogP contribution in [0.1, 0.15) is 0 Å². The van der Waals surface area contributed by atoms with E-state index >= 15 is 0 Å². The van der Waals surface area contributed by atoms with E-state index in [1.807, 2.05) is 30.3 Å². The Balaban J connectivity index is 1.43. The van der Waals surface area contributed by atoms with Crippen molar-refractivity contribution >= 4 is 49.4 Å². The van der Waals surface area contributed by atoms with Crippen molar-refractivity contribution in [2.75, 3.05) is 0 Å². The van der Waals surface area contributed by atoms with Crippen LogP contribution in [0.2, 0.25) is 0 Å². The Hall–Kier alpha value is -5.59. The second kappa shape index (κ2) is 8.73. The van der Waals surface area contributed by atoms with E-state index in [-0.39, 0.29) is 0 Å². The number of hydrogen-bond donors (Lipinski definition) is 0. The lowest BCUT2D eigenvalue weighted by Crippen LogP contribution is -1.98. The summed E-state index contributed by atoms with van der Waals surface area (Å²) in [7, 11) is 0. The van der Waals surface area contributed by atoms with Gasteiger partial charge in [0.15, 0.2) is 0 Å². The molecular formula is C37H22N2O. The zero-order chi connectivity index (χ0) is 26.6. The molecule has 0 aliphatic heterocycles. The minimum Gasteiger partial charge on any atom is -0.456 e. The normalized spacial score (nSPS) is 11.5. The summed E-state index contributed by atoms with van der Waals surface area (Å²) in [5.74, 6) is 0. The lowest BCUT2D eigenvalue weighted by molar-refractivity contribution is 0.669. The van der Waals surface area contributed by atoms with Gasteiger partial charge in [0.25, 0.3) is 0 Å². The zero-order valence-electron chi connectivity index (χ0n) is 21.5. The molecule has 0 amide bonds. The molecule has 0 bridgehead atoms. The molecule has 0 saturated heterocycles. The Morgan fingerprint density at radius 3 is 1.85 bits per heavy atom. The van der Waals surface area contributed by atoms with E-state index in [4.69, 9.17) is 11.0 Å². The largest absolute Gasteiger partial charge is 0.456 e. The van der Waals surface area contributed by atoms with E-state index in [0.29, 0.717) is 5.69 Å². The zero-order valence-corrected chi connectivity index (χ0v) is 21.5. The summed E-state index contributed by atoms with van der Waals surface area (Å²) in [6, 6.07) is 46.0. The molecule has 0 unspecified atom stereocenters. The molecule has 0 atom stereocenters. The van der Waals surface area contributed by atoms with Gasteiger partial charge in [-0.05, 0) is 52.6 Å². The van der Waals surface area contributed by atoms with Crippen LogP contribution in [0.3, 0.4) is 0 Å². The standard InChI is InChI=1S/C37H22N2O/c1-38-32-17-10-16-30(37(32)39-33-18-7-4-13-27(33)28-14-5-8-19-34(28)39)26-12-3-2-11-25(26)24-21-22-36-31(23-24)29-15-6-9-20-35(29)40-36/h2-23H. The van der Waals surface area contributed by atoms with E-state index in [9.17, 15) is 0 Å². The van der Waals surface area contributed by atoms with Crippen LogP contribution in [0.4, 0.5) is 5.69 Å². The smallest absolute Gasteiger partial charge is 0.211 e. The van der Waals surface area contributed by atoms with Crippen molar-refractivity contribution in [1.29, 1.82) is 0 Å². The molecule has 2 aromatic heterocycles. The van der Waals surface area contributed by atoms with Gasteiger partial charge in [-0.1, -0.05) is 103 Å². The van der Waals surface area contributed by atoms with Crippen LogP contribution >= 0.6 is 0 Å². The van der Waals surface area contributed by atoms with Gasteiger partial charge in [-0.15, -0.1) is 0 Å². The summed E-state index contributed by atoms with van der Waals surface area (Å²) in [5, 5.41) is 4.56. The Morgan fingerprint density at radius 2 is 1.10 bits per heavy atom. The van der Waals surface area contributed by atoms with E-state index in [2.05, 4.69) is 113 Å². The van der Waals surface area contributed by atoms with Gasteiger partial charge in [-0.3, -0.25) is 0 Å². The Morgan fingerprint density at radius 1 is 0.500 bits per heavy atom. The molecule has 2 heterocycles. The number of nitrogens with zero attached hydrogens (tertiary/aromatic N) is 2. The third-order valence-electron chi connectivity index (χ3n) is 7.84. The lowest BCUT2D eigenvalue weighted by atomic mass is 9.92. The second-order valence-corrected chi connectivity index (χ2v) is 10.0. The maximum atomic E-state index is 8.13. The fraction of sp³-hybridized carbons (Fsp3) is 0. The van der Waals surface area contributed by atoms with E-state index in [1.165, 1.54) is 10.8 Å². The van der Waals surface area contributed by atoms with Gasteiger partial charge in [0, 0.05) is 21.5 Å². The fourth-order valence-corrected chi connectivity index (χ4v) is 6.10. The van der Waals surface area contributed by atoms with Crippen molar-refractivity contribution < 1.29 is 4.42 Å². The molecule has 0 saturated carbocycles. The van der Waals surface area contributed by atoms with E-state index in [0.717, 1.165) is 60.9 Å². The van der Waals surface area contributed by atoms with Gasteiger partial charge in [-0.2, -0.15) is 0 Å². The Labute approximate surface area is 231 Å². The second-order valence-electron chi connectivity index (χ2n) is 10.0. The SMILES string of the molecule is [C-]#[N+]c1cccc(-c2ccccc2-c2ccc3oc4ccccc4c3c2)c1-n1c2ccccc2c2ccccc21. The van der Waals surface area contributed by atoms with Crippen LogP contribution < -0.4 is 0 Å². The van der Waals surface area contributed by atoms with Crippen molar-refractivity contribution in [3.05, 3.63) is 145 Å². The van der Waals surface area contributed by atoms with Crippen molar-refractivity contribution in [2.45, 2.75) is 0 Å². The number of hydrogen-bond acceptors (Lipinski definition) is 1.